The number of nitrogens with zero attached hydrogens (tertiary/aromatic N) is 3. The number of esters is 1. The van der Waals surface area contributed by atoms with Crippen LogP contribution < -0.4 is 9.64 Å². The number of benzene rings is 1. The molecule has 1 aromatic carbocycles. The van der Waals surface area contributed by atoms with Crippen molar-refractivity contribution >= 4 is 17.7 Å². The Morgan fingerprint density at radius 3 is 2.65 bits per heavy atom. The first kappa shape index (κ1) is 22.6. The van der Waals surface area contributed by atoms with Gasteiger partial charge in [0.25, 0.3) is 0 Å². The van der Waals surface area contributed by atoms with Crippen molar-refractivity contribution in [3.63, 3.8) is 0 Å². The van der Waals surface area contributed by atoms with E-state index in [-0.39, 0.29) is 18.0 Å². The lowest BCUT2D eigenvalue weighted by molar-refractivity contribution is -0.130. The number of hydrogen-bond acceptors (Lipinski definition) is 6. The van der Waals surface area contributed by atoms with Gasteiger partial charge in [0.15, 0.2) is 0 Å². The Kier molecular flexibility index (Phi) is 7.87. The van der Waals surface area contributed by atoms with Gasteiger partial charge in [-0.25, -0.2) is 9.78 Å². The Morgan fingerprint density at radius 2 is 1.94 bits per heavy atom. The van der Waals surface area contributed by atoms with Crippen molar-refractivity contribution in [1.29, 1.82) is 0 Å². The minimum Gasteiger partial charge on any atom is -0.491 e. The van der Waals surface area contributed by atoms with Crippen LogP contribution >= 0.6 is 0 Å². The van der Waals surface area contributed by atoms with Crippen molar-refractivity contribution in [3.8, 4) is 5.75 Å². The van der Waals surface area contributed by atoms with Crippen molar-refractivity contribution in [2.45, 2.75) is 39.7 Å². The second-order valence-corrected chi connectivity index (χ2v) is 7.84. The molecule has 1 amide bonds. The number of rotatable bonds is 7. The molecule has 166 valence electrons. The predicted octanol–water partition coefficient (Wildman–Crippen LogP) is 3.33. The highest BCUT2D eigenvalue weighted by atomic mass is 16.5. The summed E-state index contributed by atoms with van der Waals surface area (Å²) in [7, 11) is 0. The third-order valence-corrected chi connectivity index (χ3v) is 5.06. The molecule has 7 nitrogen and oxygen atoms in total. The molecule has 1 aliphatic rings. The fourth-order valence-electron chi connectivity index (χ4n) is 3.59. The number of amides is 1. The Balaban J connectivity index is 1.57. The van der Waals surface area contributed by atoms with E-state index in [9.17, 15) is 9.59 Å². The molecule has 2 heterocycles. The van der Waals surface area contributed by atoms with E-state index in [1.165, 1.54) is 0 Å². The maximum Gasteiger partial charge on any atom is 0.339 e. The average molecular weight is 426 g/mol. The monoisotopic (exact) mass is 425 g/mol. The topological polar surface area (TPSA) is 72.0 Å². The molecule has 1 aliphatic heterocycles. The van der Waals surface area contributed by atoms with E-state index >= 15 is 0 Å². The van der Waals surface area contributed by atoms with Crippen molar-refractivity contribution in [2.24, 2.45) is 0 Å². The van der Waals surface area contributed by atoms with E-state index in [0.717, 1.165) is 36.6 Å². The van der Waals surface area contributed by atoms with E-state index in [4.69, 9.17) is 9.47 Å². The highest BCUT2D eigenvalue weighted by Crippen LogP contribution is 2.18. The van der Waals surface area contributed by atoms with Crippen LogP contribution in [0.1, 0.15) is 43.1 Å². The number of aromatic nitrogens is 1. The number of carbonyl (C=O) groups is 2. The minimum atomic E-state index is -0.364. The van der Waals surface area contributed by atoms with Gasteiger partial charge in [0, 0.05) is 32.4 Å². The highest BCUT2D eigenvalue weighted by molar-refractivity contribution is 5.89. The van der Waals surface area contributed by atoms with E-state index in [1.54, 1.807) is 19.2 Å². The van der Waals surface area contributed by atoms with Crippen LogP contribution in [-0.4, -0.2) is 60.7 Å². The van der Waals surface area contributed by atoms with Crippen LogP contribution in [0, 0.1) is 0 Å². The summed E-state index contributed by atoms with van der Waals surface area (Å²) in [6.45, 7) is 8.97. The summed E-state index contributed by atoms with van der Waals surface area (Å²) in [4.78, 5) is 33.2. The molecule has 0 radical (unpaired) electrons. The van der Waals surface area contributed by atoms with Gasteiger partial charge in [0.05, 0.1) is 24.7 Å². The van der Waals surface area contributed by atoms with E-state index < -0.39 is 0 Å². The van der Waals surface area contributed by atoms with E-state index in [2.05, 4.69) is 9.88 Å². The normalized spacial score (nSPS) is 14.3. The first-order valence-electron chi connectivity index (χ1n) is 10.9. The Hall–Kier alpha value is -3.09. The highest BCUT2D eigenvalue weighted by Gasteiger charge is 2.20. The Labute approximate surface area is 184 Å². The van der Waals surface area contributed by atoms with Crippen LogP contribution in [0.15, 0.2) is 42.6 Å². The van der Waals surface area contributed by atoms with Crippen molar-refractivity contribution in [2.75, 3.05) is 37.7 Å². The third-order valence-electron chi connectivity index (χ3n) is 5.06. The standard InChI is InChI=1S/C24H31N3O4/c1-4-30-24(29)20-9-10-22(25-17-20)26-11-6-12-27(14-13-26)23(28)16-19-7-5-8-21(15-19)31-18(2)3/h5,7-10,15,17-18H,4,6,11-14,16H2,1-3H3. The molecule has 31 heavy (non-hydrogen) atoms. The lowest BCUT2D eigenvalue weighted by atomic mass is 10.1. The van der Waals surface area contributed by atoms with E-state index in [1.807, 2.05) is 49.1 Å². The Bertz CT molecular complexity index is 883. The average Bonchev–Trinajstić information content (AvgIpc) is 3.00. The van der Waals surface area contributed by atoms with Gasteiger partial charge in [-0.1, -0.05) is 12.1 Å². The fourth-order valence-corrected chi connectivity index (χ4v) is 3.59. The lowest BCUT2D eigenvalue weighted by Crippen LogP contribution is -2.36. The van der Waals surface area contributed by atoms with Crippen LogP contribution in [0.3, 0.4) is 0 Å². The van der Waals surface area contributed by atoms with Crippen LogP contribution in [0.4, 0.5) is 5.82 Å². The zero-order valence-electron chi connectivity index (χ0n) is 18.5. The van der Waals surface area contributed by atoms with Crippen LogP contribution in [-0.2, 0) is 16.0 Å². The van der Waals surface area contributed by atoms with Gasteiger partial charge in [0.2, 0.25) is 5.91 Å². The van der Waals surface area contributed by atoms with Crippen molar-refractivity contribution in [1.82, 2.24) is 9.88 Å². The summed E-state index contributed by atoms with van der Waals surface area (Å²) >= 11 is 0. The van der Waals surface area contributed by atoms with Gasteiger partial charge in [-0.15, -0.1) is 0 Å². The minimum absolute atomic E-state index is 0.0995. The van der Waals surface area contributed by atoms with Gasteiger partial charge in [-0.05, 0) is 57.0 Å². The number of pyridine rings is 1. The molecule has 0 spiro atoms. The molecule has 0 unspecified atom stereocenters. The molecule has 1 saturated heterocycles. The van der Waals surface area contributed by atoms with Gasteiger partial charge in [-0.2, -0.15) is 0 Å². The van der Waals surface area contributed by atoms with Crippen LogP contribution in [0.25, 0.3) is 0 Å². The lowest BCUT2D eigenvalue weighted by Gasteiger charge is -2.23. The third kappa shape index (κ3) is 6.44. The van der Waals surface area contributed by atoms with Gasteiger partial charge in [-0.3, -0.25) is 4.79 Å². The molecule has 0 saturated carbocycles. The summed E-state index contributed by atoms with van der Waals surface area (Å²) < 4.78 is 10.7. The molecule has 0 bridgehead atoms. The molecule has 0 atom stereocenters. The Morgan fingerprint density at radius 1 is 1.10 bits per heavy atom. The number of carbonyl (C=O) groups excluding carboxylic acids is 2. The summed E-state index contributed by atoms with van der Waals surface area (Å²) in [6.07, 6.45) is 2.88. The smallest absolute Gasteiger partial charge is 0.339 e. The molecule has 3 rings (SSSR count). The molecular weight excluding hydrogens is 394 g/mol. The first-order chi connectivity index (χ1) is 15.0. The molecular formula is C24H31N3O4. The second-order valence-electron chi connectivity index (χ2n) is 7.84. The molecule has 7 heteroatoms. The zero-order valence-corrected chi connectivity index (χ0v) is 18.5. The van der Waals surface area contributed by atoms with E-state index in [0.29, 0.717) is 31.7 Å². The first-order valence-corrected chi connectivity index (χ1v) is 10.9. The number of hydrogen-bond donors (Lipinski definition) is 0. The largest absolute Gasteiger partial charge is 0.491 e. The SMILES string of the molecule is CCOC(=O)c1ccc(N2CCCN(C(=O)Cc3cccc(OC(C)C)c3)CC2)nc1. The molecule has 0 aliphatic carbocycles. The van der Waals surface area contributed by atoms with Gasteiger partial charge in [0.1, 0.15) is 11.6 Å². The predicted molar refractivity (Wildman–Crippen MR) is 120 cm³/mol. The molecule has 1 aromatic heterocycles. The summed E-state index contributed by atoms with van der Waals surface area (Å²) in [5.41, 5.74) is 1.40. The number of ether oxygens (including phenoxy) is 2. The number of anilines is 1. The second kappa shape index (κ2) is 10.8. The van der Waals surface area contributed by atoms with Gasteiger partial charge >= 0.3 is 5.97 Å². The quantitative estimate of drug-likeness (QED) is 0.634. The fraction of sp³-hybridized carbons (Fsp3) is 0.458. The van der Waals surface area contributed by atoms with Crippen LogP contribution in [0.2, 0.25) is 0 Å². The summed E-state index contributed by atoms with van der Waals surface area (Å²) in [5, 5.41) is 0. The maximum absolute atomic E-state index is 12.9. The summed E-state index contributed by atoms with van der Waals surface area (Å²) in [5.74, 6) is 1.35. The van der Waals surface area contributed by atoms with Crippen molar-refractivity contribution < 1.29 is 19.1 Å². The van der Waals surface area contributed by atoms with Crippen molar-refractivity contribution in [3.05, 3.63) is 53.7 Å². The summed E-state index contributed by atoms with van der Waals surface area (Å²) in [6, 6.07) is 11.3. The molecule has 0 N–H and O–H groups in total. The zero-order chi connectivity index (χ0) is 22.2. The molecule has 1 fully saturated rings. The molecule has 2 aromatic rings. The maximum atomic E-state index is 12.9. The van der Waals surface area contributed by atoms with Crippen LogP contribution in [0.5, 0.6) is 5.75 Å². The van der Waals surface area contributed by atoms with Gasteiger partial charge < -0.3 is 19.3 Å².